The minimum Gasteiger partial charge on any atom is -0.480 e. The Kier molecular flexibility index (Phi) is 4.33. The Morgan fingerprint density at radius 1 is 1.14 bits per heavy atom. The SMILES string of the molecule is Cc1ccccc1-c1ncc(CCC23CC4CC(CC(C4)C2)C3)n1CC(=O)O. The van der Waals surface area contributed by atoms with Crippen LogP contribution in [0.3, 0.4) is 0 Å². The Bertz CT molecular complexity index is 862. The van der Waals surface area contributed by atoms with Crippen LogP contribution in [-0.4, -0.2) is 20.6 Å². The third kappa shape index (κ3) is 3.17. The molecule has 4 aliphatic rings. The maximum absolute atomic E-state index is 11.6. The minimum absolute atomic E-state index is 0.0140. The highest BCUT2D eigenvalue weighted by Gasteiger charge is 2.50. The summed E-state index contributed by atoms with van der Waals surface area (Å²) < 4.78 is 1.94. The van der Waals surface area contributed by atoms with Crippen LogP contribution in [0, 0.1) is 30.1 Å². The standard InChI is InChI=1S/C24H30N2O2/c1-16-4-2-3-5-21(16)23-25-14-20(26(23)15-22(27)28)6-7-24-11-17-8-18(12-24)10-19(9-17)13-24/h2-5,14,17-19H,6-13,15H2,1H3,(H,27,28). The maximum Gasteiger partial charge on any atom is 0.323 e. The summed E-state index contributed by atoms with van der Waals surface area (Å²) in [4.78, 5) is 16.2. The lowest BCUT2D eigenvalue weighted by molar-refractivity contribution is -0.137. The average molecular weight is 379 g/mol. The number of aliphatic carboxylic acids is 1. The summed E-state index contributed by atoms with van der Waals surface area (Å²) in [7, 11) is 0. The molecule has 4 aliphatic carbocycles. The number of nitrogens with zero attached hydrogens (tertiary/aromatic N) is 2. The molecule has 1 N–H and O–H groups in total. The van der Waals surface area contributed by atoms with Crippen molar-refractivity contribution in [1.82, 2.24) is 9.55 Å². The van der Waals surface area contributed by atoms with Gasteiger partial charge in [0, 0.05) is 17.5 Å². The molecular formula is C24H30N2O2. The van der Waals surface area contributed by atoms with Crippen LogP contribution >= 0.6 is 0 Å². The van der Waals surface area contributed by atoms with Crippen LogP contribution in [0.5, 0.6) is 0 Å². The van der Waals surface area contributed by atoms with E-state index in [1.54, 1.807) is 0 Å². The molecule has 4 fully saturated rings. The van der Waals surface area contributed by atoms with Crippen molar-refractivity contribution in [2.24, 2.45) is 23.2 Å². The van der Waals surface area contributed by atoms with Gasteiger partial charge in [-0.15, -0.1) is 0 Å². The van der Waals surface area contributed by atoms with Crippen molar-refractivity contribution < 1.29 is 9.90 Å². The molecule has 0 saturated heterocycles. The molecule has 1 aromatic heterocycles. The molecule has 4 heteroatoms. The quantitative estimate of drug-likeness (QED) is 0.761. The van der Waals surface area contributed by atoms with E-state index in [4.69, 9.17) is 0 Å². The minimum atomic E-state index is -0.802. The van der Waals surface area contributed by atoms with Gasteiger partial charge in [-0.2, -0.15) is 0 Å². The molecule has 0 radical (unpaired) electrons. The highest BCUT2D eigenvalue weighted by atomic mass is 16.4. The first-order chi connectivity index (χ1) is 13.5. The lowest BCUT2D eigenvalue weighted by atomic mass is 9.48. The summed E-state index contributed by atoms with van der Waals surface area (Å²) in [6, 6.07) is 8.11. The van der Waals surface area contributed by atoms with Gasteiger partial charge in [-0.05, 0) is 87.0 Å². The number of aromatic nitrogens is 2. The predicted octanol–water partition coefficient (Wildman–Crippen LogP) is 5.09. The van der Waals surface area contributed by atoms with Gasteiger partial charge < -0.3 is 9.67 Å². The number of benzene rings is 1. The van der Waals surface area contributed by atoms with Crippen LogP contribution in [-0.2, 0) is 17.8 Å². The van der Waals surface area contributed by atoms with Gasteiger partial charge >= 0.3 is 5.97 Å². The van der Waals surface area contributed by atoms with Crippen LogP contribution in [0.4, 0.5) is 0 Å². The molecule has 2 aromatic rings. The second-order valence-corrected chi connectivity index (χ2v) is 9.79. The van der Waals surface area contributed by atoms with E-state index in [0.29, 0.717) is 5.41 Å². The van der Waals surface area contributed by atoms with Gasteiger partial charge in [-0.25, -0.2) is 4.98 Å². The summed E-state index contributed by atoms with van der Waals surface area (Å²) in [6.07, 6.45) is 12.7. The number of carboxylic acids is 1. The zero-order valence-corrected chi connectivity index (χ0v) is 16.7. The van der Waals surface area contributed by atoms with Gasteiger partial charge in [0.25, 0.3) is 0 Å². The Labute approximate surface area is 167 Å². The van der Waals surface area contributed by atoms with Crippen molar-refractivity contribution in [3.05, 3.63) is 41.7 Å². The Morgan fingerprint density at radius 2 is 1.79 bits per heavy atom. The summed E-state index contributed by atoms with van der Waals surface area (Å²) in [6.45, 7) is 2.05. The van der Waals surface area contributed by atoms with Crippen LogP contribution in [0.25, 0.3) is 11.4 Å². The zero-order chi connectivity index (χ0) is 19.3. The summed E-state index contributed by atoms with van der Waals surface area (Å²) >= 11 is 0. The van der Waals surface area contributed by atoms with Crippen molar-refractivity contribution in [2.75, 3.05) is 0 Å². The van der Waals surface area contributed by atoms with Crippen molar-refractivity contribution >= 4 is 5.97 Å². The second kappa shape index (κ2) is 6.75. The van der Waals surface area contributed by atoms with Gasteiger partial charge in [0.05, 0.1) is 0 Å². The molecule has 0 spiro atoms. The molecule has 1 heterocycles. The fourth-order valence-corrected chi connectivity index (χ4v) is 6.95. The molecule has 148 valence electrons. The largest absolute Gasteiger partial charge is 0.480 e. The first-order valence-electron chi connectivity index (χ1n) is 10.8. The summed E-state index contributed by atoms with van der Waals surface area (Å²) in [5.41, 5.74) is 3.75. The smallest absolute Gasteiger partial charge is 0.323 e. The number of hydrogen-bond donors (Lipinski definition) is 1. The van der Waals surface area contributed by atoms with E-state index in [9.17, 15) is 9.90 Å². The monoisotopic (exact) mass is 378 g/mol. The van der Waals surface area contributed by atoms with Crippen molar-refractivity contribution in [1.29, 1.82) is 0 Å². The van der Waals surface area contributed by atoms with Crippen molar-refractivity contribution in [3.8, 4) is 11.4 Å². The molecule has 4 nitrogen and oxygen atoms in total. The molecule has 4 saturated carbocycles. The van der Waals surface area contributed by atoms with E-state index in [0.717, 1.165) is 46.8 Å². The highest BCUT2D eigenvalue weighted by molar-refractivity contribution is 5.69. The molecule has 0 unspecified atom stereocenters. The lowest BCUT2D eigenvalue weighted by Gasteiger charge is -2.57. The lowest BCUT2D eigenvalue weighted by Crippen LogP contribution is -2.46. The predicted molar refractivity (Wildman–Crippen MR) is 109 cm³/mol. The fraction of sp³-hybridized carbons (Fsp3) is 0.583. The zero-order valence-electron chi connectivity index (χ0n) is 16.7. The van der Waals surface area contributed by atoms with Gasteiger partial charge in [-0.1, -0.05) is 24.3 Å². The first kappa shape index (κ1) is 18.0. The number of carboxylic acid groups (broad SMARTS) is 1. The summed E-state index contributed by atoms with van der Waals surface area (Å²) in [5.74, 6) is 2.86. The molecule has 6 rings (SSSR count). The topological polar surface area (TPSA) is 55.1 Å². The van der Waals surface area contributed by atoms with Crippen LogP contribution in [0.2, 0.25) is 0 Å². The van der Waals surface area contributed by atoms with E-state index in [1.807, 2.05) is 29.0 Å². The normalized spacial score (nSPS) is 30.7. The first-order valence-corrected chi connectivity index (χ1v) is 10.8. The van der Waals surface area contributed by atoms with Crippen LogP contribution in [0.15, 0.2) is 30.5 Å². The molecule has 0 aliphatic heterocycles. The van der Waals surface area contributed by atoms with Crippen molar-refractivity contribution in [2.45, 2.75) is 64.8 Å². The Balaban J connectivity index is 1.41. The Hall–Kier alpha value is -2.10. The van der Waals surface area contributed by atoms with E-state index < -0.39 is 5.97 Å². The fourth-order valence-electron chi connectivity index (χ4n) is 6.95. The van der Waals surface area contributed by atoms with E-state index in [-0.39, 0.29) is 6.54 Å². The number of hydrogen-bond acceptors (Lipinski definition) is 2. The number of carbonyl (C=O) groups is 1. The maximum atomic E-state index is 11.6. The second-order valence-electron chi connectivity index (χ2n) is 9.79. The molecule has 4 bridgehead atoms. The van der Waals surface area contributed by atoms with Crippen LogP contribution in [0.1, 0.15) is 56.2 Å². The number of imidazole rings is 1. The molecule has 0 atom stereocenters. The highest BCUT2D eigenvalue weighted by Crippen LogP contribution is 2.61. The number of rotatable bonds is 6. The molecular weight excluding hydrogens is 348 g/mol. The summed E-state index contributed by atoms with van der Waals surface area (Å²) in [5, 5.41) is 9.50. The van der Waals surface area contributed by atoms with Crippen LogP contribution < -0.4 is 0 Å². The van der Waals surface area contributed by atoms with Crippen molar-refractivity contribution in [3.63, 3.8) is 0 Å². The van der Waals surface area contributed by atoms with Gasteiger partial charge in [0.2, 0.25) is 0 Å². The van der Waals surface area contributed by atoms with E-state index >= 15 is 0 Å². The number of aryl methyl sites for hydroxylation is 2. The van der Waals surface area contributed by atoms with E-state index in [1.165, 1.54) is 44.9 Å². The molecule has 1 aromatic carbocycles. The van der Waals surface area contributed by atoms with Gasteiger partial charge in [0.15, 0.2) is 0 Å². The molecule has 28 heavy (non-hydrogen) atoms. The average Bonchev–Trinajstić information content (AvgIpc) is 3.01. The third-order valence-corrected chi connectivity index (χ3v) is 7.69. The van der Waals surface area contributed by atoms with Gasteiger partial charge in [0.1, 0.15) is 12.4 Å². The third-order valence-electron chi connectivity index (χ3n) is 7.69. The van der Waals surface area contributed by atoms with Gasteiger partial charge in [-0.3, -0.25) is 4.79 Å². The molecule has 0 amide bonds. The Morgan fingerprint density at radius 3 is 2.39 bits per heavy atom. The van der Waals surface area contributed by atoms with E-state index in [2.05, 4.69) is 18.0 Å².